The van der Waals surface area contributed by atoms with Crippen LogP contribution in [0.25, 0.3) is 0 Å². The normalized spacial score (nSPS) is 12.2. The average molecular weight is 207 g/mol. The van der Waals surface area contributed by atoms with Crippen molar-refractivity contribution in [2.45, 2.75) is 19.4 Å². The van der Waals surface area contributed by atoms with Crippen LogP contribution in [0.3, 0.4) is 0 Å². The van der Waals surface area contributed by atoms with Crippen molar-refractivity contribution in [2.75, 3.05) is 12.0 Å². The first kappa shape index (κ1) is 12.2. The van der Waals surface area contributed by atoms with Crippen molar-refractivity contribution in [3.8, 4) is 0 Å². The highest BCUT2D eigenvalue weighted by Gasteiger charge is 2.17. The van der Waals surface area contributed by atoms with Gasteiger partial charge in [-0.05, 0) is 18.4 Å². The number of carbonyl (C=O) groups is 2. The Labute approximate surface area is 80.8 Å². The number of aliphatic carboxylic acids is 1. The van der Waals surface area contributed by atoms with Crippen LogP contribution in [0.4, 0.5) is 0 Å². The molecule has 2 N–H and O–H groups in total. The van der Waals surface area contributed by atoms with Crippen LogP contribution in [0, 0.1) is 0 Å². The van der Waals surface area contributed by atoms with Gasteiger partial charge in [-0.15, -0.1) is 5.48 Å². The van der Waals surface area contributed by atoms with Gasteiger partial charge in [0.05, 0.1) is 0 Å². The lowest BCUT2D eigenvalue weighted by Crippen LogP contribution is -2.38. The van der Waals surface area contributed by atoms with Gasteiger partial charge >= 0.3 is 11.9 Å². The Morgan fingerprint density at radius 2 is 2.23 bits per heavy atom. The van der Waals surface area contributed by atoms with Crippen molar-refractivity contribution in [3.63, 3.8) is 0 Å². The summed E-state index contributed by atoms with van der Waals surface area (Å²) in [5, 5.41) is 8.65. The molecule has 0 spiro atoms. The SMILES string of the molecule is CSCC[C@H](NOC(C)=O)C(=O)O. The molecule has 0 saturated carbocycles. The van der Waals surface area contributed by atoms with Crippen LogP contribution in [0.1, 0.15) is 13.3 Å². The number of carboxylic acids is 1. The van der Waals surface area contributed by atoms with Gasteiger partial charge in [0.2, 0.25) is 0 Å². The number of thioether (sulfide) groups is 1. The molecule has 0 rings (SSSR count). The number of carboxylic acid groups (broad SMARTS) is 1. The predicted octanol–water partition coefficient (Wildman–Crippen LogP) is 0.260. The van der Waals surface area contributed by atoms with Crippen LogP contribution >= 0.6 is 11.8 Å². The first-order valence-electron chi connectivity index (χ1n) is 3.72. The minimum absolute atomic E-state index is 0.420. The molecule has 0 aromatic carbocycles. The third-order valence-corrected chi connectivity index (χ3v) is 1.90. The maximum absolute atomic E-state index is 10.6. The fraction of sp³-hybridized carbons (Fsp3) is 0.714. The van der Waals surface area contributed by atoms with E-state index in [2.05, 4.69) is 10.3 Å². The minimum atomic E-state index is -1.02. The second-order valence-corrected chi connectivity index (χ2v) is 3.37. The molecule has 1 atom stereocenters. The Hall–Kier alpha value is -0.750. The summed E-state index contributed by atoms with van der Waals surface area (Å²) in [5.41, 5.74) is 2.19. The summed E-state index contributed by atoms with van der Waals surface area (Å²) >= 11 is 1.54. The molecule has 0 heterocycles. The standard InChI is InChI=1S/C7H13NO4S/c1-5(9)12-8-6(7(10)11)3-4-13-2/h6,8H,3-4H2,1-2H3,(H,10,11)/t6-/m0/s1. The van der Waals surface area contributed by atoms with Crippen LogP contribution in [0.5, 0.6) is 0 Å². The lowest BCUT2D eigenvalue weighted by atomic mass is 10.2. The van der Waals surface area contributed by atoms with Crippen molar-refractivity contribution >= 4 is 23.7 Å². The molecule has 0 saturated heterocycles. The van der Waals surface area contributed by atoms with Gasteiger partial charge in [-0.2, -0.15) is 11.8 Å². The van der Waals surface area contributed by atoms with Crippen LogP contribution in [0.2, 0.25) is 0 Å². The second-order valence-electron chi connectivity index (χ2n) is 2.38. The highest BCUT2D eigenvalue weighted by molar-refractivity contribution is 7.98. The zero-order valence-corrected chi connectivity index (χ0v) is 8.39. The lowest BCUT2D eigenvalue weighted by molar-refractivity contribution is -0.155. The van der Waals surface area contributed by atoms with E-state index in [1.165, 1.54) is 18.7 Å². The monoisotopic (exact) mass is 207 g/mol. The van der Waals surface area contributed by atoms with E-state index in [1.807, 2.05) is 6.26 Å². The topological polar surface area (TPSA) is 75.6 Å². The molecule has 0 amide bonds. The molecule has 76 valence electrons. The maximum Gasteiger partial charge on any atom is 0.324 e. The van der Waals surface area contributed by atoms with Gasteiger partial charge < -0.3 is 9.94 Å². The van der Waals surface area contributed by atoms with E-state index in [1.54, 1.807) is 0 Å². The molecule has 0 aromatic rings. The molecule has 0 aromatic heterocycles. The van der Waals surface area contributed by atoms with Gasteiger partial charge in [0.1, 0.15) is 6.04 Å². The second kappa shape index (κ2) is 6.73. The van der Waals surface area contributed by atoms with Crippen molar-refractivity contribution in [1.29, 1.82) is 0 Å². The fourth-order valence-corrected chi connectivity index (χ4v) is 1.09. The first-order chi connectivity index (χ1) is 6.07. The zero-order valence-electron chi connectivity index (χ0n) is 7.57. The van der Waals surface area contributed by atoms with E-state index >= 15 is 0 Å². The molecule has 13 heavy (non-hydrogen) atoms. The van der Waals surface area contributed by atoms with Crippen molar-refractivity contribution in [2.24, 2.45) is 0 Å². The predicted molar refractivity (Wildman–Crippen MR) is 49.3 cm³/mol. The van der Waals surface area contributed by atoms with E-state index in [4.69, 9.17) is 5.11 Å². The summed E-state index contributed by atoms with van der Waals surface area (Å²) in [7, 11) is 0. The van der Waals surface area contributed by atoms with E-state index in [0.29, 0.717) is 12.2 Å². The molecule has 0 fully saturated rings. The number of rotatable bonds is 6. The fourth-order valence-electron chi connectivity index (χ4n) is 0.623. The quantitative estimate of drug-likeness (QED) is 0.608. The van der Waals surface area contributed by atoms with Gasteiger partial charge in [0.25, 0.3) is 0 Å². The summed E-state index contributed by atoms with van der Waals surface area (Å²) < 4.78 is 0. The third-order valence-electron chi connectivity index (χ3n) is 1.25. The average Bonchev–Trinajstić information content (AvgIpc) is 2.03. The number of nitrogens with one attached hydrogen (secondary N) is 1. The number of carbonyl (C=O) groups excluding carboxylic acids is 1. The zero-order chi connectivity index (χ0) is 10.3. The molecule has 0 aliphatic carbocycles. The van der Waals surface area contributed by atoms with Crippen LogP contribution in [0.15, 0.2) is 0 Å². The van der Waals surface area contributed by atoms with Gasteiger partial charge in [-0.3, -0.25) is 9.59 Å². The van der Waals surface area contributed by atoms with E-state index in [-0.39, 0.29) is 0 Å². The molecule has 0 unspecified atom stereocenters. The van der Waals surface area contributed by atoms with Gasteiger partial charge in [0, 0.05) is 6.92 Å². The van der Waals surface area contributed by atoms with Crippen molar-refractivity contribution in [1.82, 2.24) is 5.48 Å². The summed E-state index contributed by atoms with van der Waals surface area (Å²) in [6.45, 7) is 1.21. The molecule has 5 nitrogen and oxygen atoms in total. The lowest BCUT2D eigenvalue weighted by Gasteiger charge is -2.11. The summed E-state index contributed by atoms with van der Waals surface area (Å²) in [4.78, 5) is 25.3. The van der Waals surface area contributed by atoms with Crippen molar-refractivity contribution < 1.29 is 19.5 Å². The molecule has 0 aliphatic rings. The summed E-state index contributed by atoms with van der Waals surface area (Å²) in [6.07, 6.45) is 2.30. The van der Waals surface area contributed by atoms with Gasteiger partial charge in [0.15, 0.2) is 0 Å². The highest BCUT2D eigenvalue weighted by Crippen LogP contribution is 2.00. The summed E-state index contributed by atoms with van der Waals surface area (Å²) in [6, 6.07) is -0.823. The Bertz CT molecular complexity index is 185. The summed E-state index contributed by atoms with van der Waals surface area (Å²) in [5.74, 6) is -0.865. The molecular weight excluding hydrogens is 194 g/mol. The Morgan fingerprint density at radius 1 is 1.62 bits per heavy atom. The molecule has 0 aliphatic heterocycles. The van der Waals surface area contributed by atoms with E-state index < -0.39 is 18.0 Å². The number of hydroxylamine groups is 1. The maximum atomic E-state index is 10.6. The minimum Gasteiger partial charge on any atom is -0.480 e. The number of hydrogen-bond donors (Lipinski definition) is 2. The Balaban J connectivity index is 3.80. The van der Waals surface area contributed by atoms with E-state index in [0.717, 1.165) is 0 Å². The molecule has 0 radical (unpaired) electrons. The number of hydrogen-bond acceptors (Lipinski definition) is 5. The van der Waals surface area contributed by atoms with E-state index in [9.17, 15) is 9.59 Å². The molecule has 6 heteroatoms. The molecular formula is C7H13NO4S. The van der Waals surface area contributed by atoms with Gasteiger partial charge in [-0.25, -0.2) is 0 Å². The Kier molecular flexibility index (Phi) is 6.34. The van der Waals surface area contributed by atoms with Crippen LogP contribution < -0.4 is 5.48 Å². The largest absolute Gasteiger partial charge is 0.480 e. The smallest absolute Gasteiger partial charge is 0.324 e. The highest BCUT2D eigenvalue weighted by atomic mass is 32.2. The van der Waals surface area contributed by atoms with Crippen LogP contribution in [-0.4, -0.2) is 35.1 Å². The molecule has 0 bridgehead atoms. The first-order valence-corrected chi connectivity index (χ1v) is 5.12. The van der Waals surface area contributed by atoms with Crippen LogP contribution in [-0.2, 0) is 14.4 Å². The van der Waals surface area contributed by atoms with Gasteiger partial charge in [-0.1, -0.05) is 0 Å². The van der Waals surface area contributed by atoms with Crippen molar-refractivity contribution in [3.05, 3.63) is 0 Å². The third kappa shape index (κ3) is 6.41. The Morgan fingerprint density at radius 3 is 2.62 bits per heavy atom.